The van der Waals surface area contributed by atoms with Crippen LogP contribution in [0.4, 0.5) is 22.4 Å². The highest BCUT2D eigenvalue weighted by Crippen LogP contribution is 2.44. The van der Waals surface area contributed by atoms with Crippen molar-refractivity contribution in [3.05, 3.63) is 82.7 Å². The fraction of sp³-hybridized carbons (Fsp3) is 0.400. The predicted molar refractivity (Wildman–Crippen MR) is 174 cm³/mol. The first-order valence-corrected chi connectivity index (χ1v) is 15.9. The van der Waals surface area contributed by atoms with Crippen LogP contribution in [-0.4, -0.2) is 62.7 Å². The number of nitrogens with zero attached hydrogens (tertiary/aromatic N) is 5. The van der Waals surface area contributed by atoms with Gasteiger partial charge in [-0.05, 0) is 69.5 Å². The summed E-state index contributed by atoms with van der Waals surface area (Å²) in [5.41, 5.74) is -1.04. The van der Waals surface area contributed by atoms with Crippen LogP contribution < -0.4 is 15.1 Å². The Bertz CT molecular complexity index is 2040. The molecule has 2 aromatic heterocycles. The number of esters is 1. The van der Waals surface area contributed by atoms with Gasteiger partial charge in [0, 0.05) is 43.3 Å². The molecule has 0 bridgehead atoms. The van der Waals surface area contributed by atoms with Crippen LogP contribution in [0, 0.1) is 11.7 Å². The van der Waals surface area contributed by atoms with Gasteiger partial charge >= 0.3 is 18.2 Å². The van der Waals surface area contributed by atoms with Crippen LogP contribution in [0.15, 0.2) is 53.9 Å². The number of aromatic nitrogens is 4. The van der Waals surface area contributed by atoms with Crippen molar-refractivity contribution in [2.24, 2.45) is 18.0 Å². The van der Waals surface area contributed by atoms with Crippen LogP contribution in [0.5, 0.6) is 11.5 Å². The number of Topliss-reactive ketones (excluding diaryl/α,β-unsaturated/α-hetero) is 1. The predicted octanol–water partition coefficient (Wildman–Crippen LogP) is 5.74. The summed E-state index contributed by atoms with van der Waals surface area (Å²) < 4.78 is 82.9. The summed E-state index contributed by atoms with van der Waals surface area (Å²) in [7, 11) is 2.83. The number of carbonyl (C=O) groups excluding carboxylic acids is 3. The molecule has 0 spiro atoms. The van der Waals surface area contributed by atoms with Crippen molar-refractivity contribution >= 4 is 17.8 Å². The molecule has 3 heterocycles. The standard InChI is InChI=1S/C35H37F4N5O7/c1-7-44-17-25(31(41-44)35(37,38)39)23-13-21(16-43-11-10-42(5)32(43)40-33(47)51-34(2,3)4)14-24-29(46)22(18-50-30(23)24)12-20-8-9-26(36)27(15-20)49-19-28(45)48-6/h8-11,13-15,17,22H,7,12,16,18-19H2,1-6H3/t22-/m0/s1. The molecule has 4 aromatic rings. The van der Waals surface area contributed by atoms with Crippen molar-refractivity contribution in [1.82, 2.24) is 18.9 Å². The number of amides is 1. The van der Waals surface area contributed by atoms with Gasteiger partial charge < -0.3 is 28.1 Å². The van der Waals surface area contributed by atoms with E-state index >= 15 is 0 Å². The number of carbonyl (C=O) groups is 3. The van der Waals surface area contributed by atoms with E-state index in [1.54, 1.807) is 56.3 Å². The average Bonchev–Trinajstić information content (AvgIpc) is 3.65. The van der Waals surface area contributed by atoms with Crippen LogP contribution in [0.2, 0.25) is 0 Å². The molecule has 0 unspecified atom stereocenters. The number of methoxy groups -OCH3 is 1. The molecule has 0 radical (unpaired) electrons. The monoisotopic (exact) mass is 715 g/mol. The molecule has 0 saturated heterocycles. The molecule has 12 nitrogen and oxygen atoms in total. The number of benzene rings is 2. The van der Waals surface area contributed by atoms with Crippen molar-refractivity contribution in [2.75, 3.05) is 20.3 Å². The van der Waals surface area contributed by atoms with Gasteiger partial charge in [-0.2, -0.15) is 18.3 Å². The number of ketones is 1. The minimum Gasteiger partial charge on any atom is -0.491 e. The van der Waals surface area contributed by atoms with Crippen molar-refractivity contribution in [3.63, 3.8) is 0 Å². The lowest BCUT2D eigenvalue weighted by atomic mass is 9.86. The minimum absolute atomic E-state index is 0.00280. The van der Waals surface area contributed by atoms with Gasteiger partial charge in [-0.25, -0.2) is 14.0 Å². The Balaban J connectivity index is 1.57. The summed E-state index contributed by atoms with van der Waals surface area (Å²) in [5.74, 6) is -2.89. The molecule has 1 atom stereocenters. The van der Waals surface area contributed by atoms with Crippen LogP contribution in [0.3, 0.4) is 0 Å². The van der Waals surface area contributed by atoms with Crippen molar-refractivity contribution < 1.29 is 50.9 Å². The molecule has 1 aliphatic rings. The molecular formula is C35H37F4N5O7. The fourth-order valence-corrected chi connectivity index (χ4v) is 5.55. The van der Waals surface area contributed by atoms with Crippen LogP contribution in [-0.2, 0) is 47.0 Å². The number of hydrogen-bond acceptors (Lipinski definition) is 8. The normalized spacial score (nSPS) is 15.0. The van der Waals surface area contributed by atoms with E-state index < -0.39 is 53.7 Å². The highest BCUT2D eigenvalue weighted by Gasteiger charge is 2.40. The molecule has 0 saturated carbocycles. The Labute approximate surface area is 290 Å². The number of imidazole rings is 1. The highest BCUT2D eigenvalue weighted by atomic mass is 19.4. The number of fused-ring (bicyclic) bond motifs is 1. The summed E-state index contributed by atoms with van der Waals surface area (Å²) >= 11 is 0. The number of halogens is 4. The second-order valence-electron chi connectivity index (χ2n) is 12.9. The van der Waals surface area contributed by atoms with E-state index in [2.05, 4.69) is 14.8 Å². The van der Waals surface area contributed by atoms with Gasteiger partial charge in [0.1, 0.15) is 11.4 Å². The minimum atomic E-state index is -4.82. The molecule has 1 aliphatic heterocycles. The Morgan fingerprint density at radius 1 is 1.06 bits per heavy atom. The molecule has 5 rings (SSSR count). The molecular weight excluding hydrogens is 678 g/mol. The summed E-state index contributed by atoms with van der Waals surface area (Å²) in [6.45, 7) is 6.20. The number of ether oxygens (including phenoxy) is 4. The number of rotatable bonds is 9. The maximum absolute atomic E-state index is 14.4. The van der Waals surface area contributed by atoms with Crippen molar-refractivity contribution in [3.8, 4) is 22.6 Å². The molecule has 1 amide bonds. The van der Waals surface area contributed by atoms with Gasteiger partial charge in [-0.3, -0.25) is 9.48 Å². The maximum atomic E-state index is 14.4. The largest absolute Gasteiger partial charge is 0.491 e. The molecule has 0 aliphatic carbocycles. The zero-order chi connectivity index (χ0) is 37.2. The second kappa shape index (κ2) is 14.4. The molecule has 16 heteroatoms. The Hall–Kier alpha value is -5.41. The first-order valence-electron chi connectivity index (χ1n) is 15.9. The zero-order valence-corrected chi connectivity index (χ0v) is 28.8. The van der Waals surface area contributed by atoms with Crippen molar-refractivity contribution in [2.45, 2.75) is 59.0 Å². The average molecular weight is 716 g/mol. The summed E-state index contributed by atoms with van der Waals surface area (Å²) in [4.78, 5) is 42.3. The van der Waals surface area contributed by atoms with Gasteiger partial charge in [0.15, 0.2) is 29.7 Å². The van der Waals surface area contributed by atoms with Gasteiger partial charge in [0.05, 0.1) is 31.7 Å². The lowest BCUT2D eigenvalue weighted by molar-refractivity contribution is -0.143. The summed E-state index contributed by atoms with van der Waals surface area (Å²) in [6, 6.07) is 7.00. The lowest BCUT2D eigenvalue weighted by Gasteiger charge is -2.27. The highest BCUT2D eigenvalue weighted by molar-refractivity contribution is 6.04. The van der Waals surface area contributed by atoms with Crippen LogP contribution in [0.25, 0.3) is 11.1 Å². The third-order valence-electron chi connectivity index (χ3n) is 7.89. The first-order chi connectivity index (χ1) is 24.0. The third-order valence-corrected chi connectivity index (χ3v) is 7.89. The van der Waals surface area contributed by atoms with E-state index in [4.69, 9.17) is 14.2 Å². The third kappa shape index (κ3) is 8.49. The quantitative estimate of drug-likeness (QED) is 0.159. The summed E-state index contributed by atoms with van der Waals surface area (Å²) in [5, 5.41) is 3.76. The molecule has 0 fully saturated rings. The van der Waals surface area contributed by atoms with Crippen LogP contribution >= 0.6 is 0 Å². The Morgan fingerprint density at radius 3 is 2.45 bits per heavy atom. The Kier molecular flexibility index (Phi) is 10.4. The van der Waals surface area contributed by atoms with Gasteiger partial charge in [-0.15, -0.1) is 4.99 Å². The SMILES string of the molecule is CCn1cc(-c2cc(Cn3ccn(C)c3=NC(=O)OC(C)(C)C)cc3c2OC[C@H](Cc2ccc(F)c(OCC(=O)OC)c2)C3=O)c(C(F)(F)F)n1. The van der Waals surface area contributed by atoms with Crippen LogP contribution in [0.1, 0.15) is 54.9 Å². The molecule has 272 valence electrons. The zero-order valence-electron chi connectivity index (χ0n) is 28.8. The number of hydrogen-bond donors (Lipinski definition) is 0. The first kappa shape index (κ1) is 36.9. The molecule has 51 heavy (non-hydrogen) atoms. The smallest absolute Gasteiger partial charge is 0.437 e. The maximum Gasteiger partial charge on any atom is 0.437 e. The van der Waals surface area contributed by atoms with Gasteiger partial charge in [-0.1, -0.05) is 6.07 Å². The summed E-state index contributed by atoms with van der Waals surface area (Å²) in [6.07, 6.45) is -1.04. The van der Waals surface area contributed by atoms with E-state index in [0.717, 1.165) is 10.7 Å². The van der Waals surface area contributed by atoms with E-state index in [9.17, 15) is 31.9 Å². The lowest BCUT2D eigenvalue weighted by Crippen LogP contribution is -2.31. The molecule has 2 aromatic carbocycles. The fourth-order valence-electron chi connectivity index (χ4n) is 5.55. The number of aryl methyl sites for hydroxylation is 2. The van der Waals surface area contributed by atoms with E-state index in [-0.39, 0.29) is 59.9 Å². The van der Waals surface area contributed by atoms with Gasteiger partial charge in [0.25, 0.3) is 0 Å². The van der Waals surface area contributed by atoms with Gasteiger partial charge in [0.2, 0.25) is 5.62 Å². The number of alkyl halides is 3. The molecule has 0 N–H and O–H groups in total. The van der Waals surface area contributed by atoms with E-state index in [1.807, 2.05) is 0 Å². The van der Waals surface area contributed by atoms with E-state index in [0.29, 0.717) is 11.1 Å². The van der Waals surface area contributed by atoms with E-state index in [1.165, 1.54) is 37.6 Å². The second-order valence-corrected chi connectivity index (χ2v) is 12.9. The van der Waals surface area contributed by atoms with Crippen molar-refractivity contribution in [1.29, 1.82) is 0 Å². The Morgan fingerprint density at radius 2 is 1.78 bits per heavy atom. The topological polar surface area (TPSA) is 128 Å².